The van der Waals surface area contributed by atoms with Crippen LogP contribution in [-0.2, 0) is 14.3 Å². The summed E-state index contributed by atoms with van der Waals surface area (Å²) in [6.45, 7) is 4.74. The van der Waals surface area contributed by atoms with Gasteiger partial charge in [-0.15, -0.1) is 0 Å². The van der Waals surface area contributed by atoms with Gasteiger partial charge in [-0.1, -0.05) is 11.6 Å². The van der Waals surface area contributed by atoms with Gasteiger partial charge in [-0.25, -0.2) is 4.79 Å². The molecule has 1 aromatic carbocycles. The van der Waals surface area contributed by atoms with Crippen LogP contribution in [0.25, 0.3) is 0 Å². The van der Waals surface area contributed by atoms with Crippen molar-refractivity contribution in [2.75, 3.05) is 0 Å². The molecule has 2 rings (SSSR count). The molecule has 6 heteroatoms. The predicted octanol–water partition coefficient (Wildman–Crippen LogP) is 2.71. The molecule has 1 aliphatic rings. The Morgan fingerprint density at radius 3 is 2.41 bits per heavy atom. The summed E-state index contributed by atoms with van der Waals surface area (Å²) in [7, 11) is 0. The molecule has 1 aromatic rings. The number of rotatable bonds is 6. The average Bonchev–Trinajstić information content (AvgIpc) is 3.25. The lowest BCUT2D eigenvalue weighted by Crippen LogP contribution is -2.44. The van der Waals surface area contributed by atoms with Crippen molar-refractivity contribution in [3.63, 3.8) is 0 Å². The second-order valence-electron chi connectivity index (χ2n) is 5.90. The van der Waals surface area contributed by atoms with Gasteiger partial charge in [0.25, 0.3) is 5.91 Å². The summed E-state index contributed by atoms with van der Waals surface area (Å²) in [6.07, 6.45) is 1.12. The third kappa shape index (κ3) is 4.63. The van der Waals surface area contributed by atoms with E-state index >= 15 is 0 Å². The van der Waals surface area contributed by atoms with E-state index in [4.69, 9.17) is 21.1 Å². The second kappa shape index (κ2) is 6.57. The van der Waals surface area contributed by atoms with Crippen molar-refractivity contribution < 1.29 is 19.1 Å². The van der Waals surface area contributed by atoms with E-state index in [-0.39, 0.29) is 11.9 Å². The van der Waals surface area contributed by atoms with E-state index < -0.39 is 17.7 Å². The Balaban J connectivity index is 1.91. The number of carbonyl (C=O) groups is 2. The number of benzene rings is 1. The van der Waals surface area contributed by atoms with Crippen molar-refractivity contribution in [2.45, 2.75) is 51.4 Å². The molecule has 0 aliphatic heterocycles. The van der Waals surface area contributed by atoms with Crippen LogP contribution in [0, 0.1) is 0 Å². The standard InChI is InChI=1S/C16H20ClNO4/c1-10(14(19)18-12-6-7-12)21-15(20)16(2,3)22-13-8-4-11(17)5-9-13/h4-5,8-10,12H,6-7H2,1-3H3,(H,18,19)/t10-/m0/s1. The van der Waals surface area contributed by atoms with Crippen LogP contribution >= 0.6 is 11.6 Å². The maximum Gasteiger partial charge on any atom is 0.350 e. The van der Waals surface area contributed by atoms with Gasteiger partial charge in [0.05, 0.1) is 0 Å². The number of hydrogen-bond acceptors (Lipinski definition) is 4. The average molecular weight is 326 g/mol. The Labute approximate surface area is 134 Å². The van der Waals surface area contributed by atoms with Crippen molar-refractivity contribution in [2.24, 2.45) is 0 Å². The number of hydrogen-bond donors (Lipinski definition) is 1. The predicted molar refractivity (Wildman–Crippen MR) is 82.9 cm³/mol. The highest BCUT2D eigenvalue weighted by atomic mass is 35.5. The molecular formula is C16H20ClNO4. The zero-order chi connectivity index (χ0) is 16.3. The van der Waals surface area contributed by atoms with Crippen LogP contribution in [-0.4, -0.2) is 29.6 Å². The van der Waals surface area contributed by atoms with E-state index in [2.05, 4.69) is 5.32 Å². The van der Waals surface area contributed by atoms with Gasteiger partial charge in [0, 0.05) is 11.1 Å². The monoisotopic (exact) mass is 325 g/mol. The van der Waals surface area contributed by atoms with Gasteiger partial charge in [0.15, 0.2) is 11.7 Å². The van der Waals surface area contributed by atoms with Gasteiger partial charge in [0.1, 0.15) is 5.75 Å². The molecule has 5 nitrogen and oxygen atoms in total. The number of esters is 1. The normalized spacial score (nSPS) is 15.8. The molecule has 1 amide bonds. The molecule has 0 bridgehead atoms. The van der Waals surface area contributed by atoms with Crippen LogP contribution < -0.4 is 10.1 Å². The fourth-order valence-electron chi connectivity index (χ4n) is 1.74. The quantitative estimate of drug-likeness (QED) is 0.817. The zero-order valence-electron chi connectivity index (χ0n) is 12.9. The molecule has 0 radical (unpaired) electrons. The Morgan fingerprint density at radius 2 is 1.86 bits per heavy atom. The number of ether oxygens (including phenoxy) is 2. The summed E-state index contributed by atoms with van der Waals surface area (Å²) in [5.74, 6) is -0.375. The number of carbonyl (C=O) groups excluding carboxylic acids is 2. The Morgan fingerprint density at radius 1 is 1.27 bits per heavy atom. The fourth-order valence-corrected chi connectivity index (χ4v) is 1.87. The molecule has 1 fully saturated rings. The summed E-state index contributed by atoms with van der Waals surface area (Å²) < 4.78 is 10.8. The molecule has 1 saturated carbocycles. The summed E-state index contributed by atoms with van der Waals surface area (Å²) in [6, 6.07) is 6.90. The SMILES string of the molecule is C[C@H](OC(=O)C(C)(C)Oc1ccc(Cl)cc1)C(=O)NC1CC1. The van der Waals surface area contributed by atoms with E-state index in [0.717, 1.165) is 12.8 Å². The van der Waals surface area contributed by atoms with Gasteiger partial charge in [0.2, 0.25) is 0 Å². The minimum absolute atomic E-state index is 0.229. The van der Waals surface area contributed by atoms with Gasteiger partial charge in [-0.3, -0.25) is 4.79 Å². The van der Waals surface area contributed by atoms with E-state index in [1.54, 1.807) is 45.0 Å². The first-order chi connectivity index (χ1) is 10.3. The number of halogens is 1. The Kier molecular flexibility index (Phi) is 4.96. The highest BCUT2D eigenvalue weighted by Gasteiger charge is 2.35. The first-order valence-electron chi connectivity index (χ1n) is 7.24. The molecule has 1 atom stereocenters. The van der Waals surface area contributed by atoms with Crippen molar-refractivity contribution in [3.8, 4) is 5.75 Å². The van der Waals surface area contributed by atoms with Crippen molar-refractivity contribution in [3.05, 3.63) is 29.3 Å². The highest BCUT2D eigenvalue weighted by molar-refractivity contribution is 6.30. The van der Waals surface area contributed by atoms with Crippen LogP contribution in [0.1, 0.15) is 33.6 Å². The lowest BCUT2D eigenvalue weighted by Gasteiger charge is -2.26. The Hall–Kier alpha value is -1.75. The number of nitrogens with one attached hydrogen (secondary N) is 1. The molecule has 22 heavy (non-hydrogen) atoms. The largest absolute Gasteiger partial charge is 0.476 e. The first kappa shape index (κ1) is 16.6. The van der Waals surface area contributed by atoms with E-state index in [1.807, 2.05) is 0 Å². The minimum atomic E-state index is -1.21. The van der Waals surface area contributed by atoms with Crippen LogP contribution in [0.4, 0.5) is 0 Å². The van der Waals surface area contributed by atoms with E-state index in [0.29, 0.717) is 10.8 Å². The highest BCUT2D eigenvalue weighted by Crippen LogP contribution is 2.22. The minimum Gasteiger partial charge on any atom is -0.476 e. The Bertz CT molecular complexity index is 552. The van der Waals surface area contributed by atoms with Gasteiger partial charge in [-0.05, 0) is 57.9 Å². The van der Waals surface area contributed by atoms with Crippen molar-refractivity contribution in [1.82, 2.24) is 5.32 Å². The molecular weight excluding hydrogens is 306 g/mol. The van der Waals surface area contributed by atoms with Crippen LogP contribution in [0.2, 0.25) is 5.02 Å². The molecule has 0 spiro atoms. The topological polar surface area (TPSA) is 64.6 Å². The molecule has 0 heterocycles. The summed E-state index contributed by atoms with van der Waals surface area (Å²) in [5.41, 5.74) is -1.21. The van der Waals surface area contributed by atoms with Gasteiger partial charge < -0.3 is 14.8 Å². The molecule has 0 saturated heterocycles. The maximum atomic E-state index is 12.2. The smallest absolute Gasteiger partial charge is 0.350 e. The maximum absolute atomic E-state index is 12.2. The van der Waals surface area contributed by atoms with E-state index in [1.165, 1.54) is 0 Å². The lowest BCUT2D eigenvalue weighted by molar-refractivity contribution is -0.167. The third-order valence-electron chi connectivity index (χ3n) is 3.26. The lowest BCUT2D eigenvalue weighted by atomic mass is 10.1. The molecule has 0 unspecified atom stereocenters. The fraction of sp³-hybridized carbons (Fsp3) is 0.500. The first-order valence-corrected chi connectivity index (χ1v) is 7.62. The third-order valence-corrected chi connectivity index (χ3v) is 3.51. The molecule has 120 valence electrons. The molecule has 1 aliphatic carbocycles. The zero-order valence-corrected chi connectivity index (χ0v) is 13.6. The van der Waals surface area contributed by atoms with Crippen LogP contribution in [0.3, 0.4) is 0 Å². The summed E-state index contributed by atoms with van der Waals surface area (Å²) in [4.78, 5) is 24.0. The second-order valence-corrected chi connectivity index (χ2v) is 6.33. The van der Waals surface area contributed by atoms with Crippen LogP contribution in [0.15, 0.2) is 24.3 Å². The van der Waals surface area contributed by atoms with Crippen molar-refractivity contribution in [1.29, 1.82) is 0 Å². The van der Waals surface area contributed by atoms with E-state index in [9.17, 15) is 9.59 Å². The number of amides is 1. The molecule has 1 N–H and O–H groups in total. The van der Waals surface area contributed by atoms with Crippen LogP contribution in [0.5, 0.6) is 5.75 Å². The molecule has 0 aromatic heterocycles. The van der Waals surface area contributed by atoms with Crippen molar-refractivity contribution >= 4 is 23.5 Å². The summed E-state index contributed by atoms with van der Waals surface area (Å²) >= 11 is 5.80. The summed E-state index contributed by atoms with van der Waals surface area (Å²) in [5, 5.41) is 3.38. The van der Waals surface area contributed by atoms with Gasteiger partial charge in [-0.2, -0.15) is 0 Å². The van der Waals surface area contributed by atoms with Gasteiger partial charge >= 0.3 is 5.97 Å².